The summed E-state index contributed by atoms with van der Waals surface area (Å²) in [6, 6.07) is 6.71. The second-order valence-corrected chi connectivity index (χ2v) is 13.4. The fourth-order valence-electron chi connectivity index (χ4n) is 4.75. The van der Waals surface area contributed by atoms with E-state index in [1.807, 2.05) is 13.8 Å². The van der Waals surface area contributed by atoms with Crippen LogP contribution < -0.4 is 5.32 Å². The summed E-state index contributed by atoms with van der Waals surface area (Å²) in [6.07, 6.45) is 7.12. The van der Waals surface area contributed by atoms with Gasteiger partial charge in [0.05, 0.1) is 22.8 Å². The number of sulfone groups is 1. The van der Waals surface area contributed by atoms with Crippen LogP contribution in [0, 0.1) is 5.92 Å². The molecule has 0 bridgehead atoms. The predicted molar refractivity (Wildman–Crippen MR) is 141 cm³/mol. The molecule has 1 atom stereocenters. The van der Waals surface area contributed by atoms with Crippen molar-refractivity contribution in [1.82, 2.24) is 10.2 Å². The van der Waals surface area contributed by atoms with Crippen molar-refractivity contribution in [2.45, 2.75) is 75.8 Å². The number of esters is 1. The van der Waals surface area contributed by atoms with E-state index < -0.39 is 34.4 Å². The Bertz CT molecular complexity index is 1020. The summed E-state index contributed by atoms with van der Waals surface area (Å²) in [5, 5.41) is 3.11. The largest absolute Gasteiger partial charge is 0.452 e. The Labute approximate surface area is 218 Å². The molecule has 1 aromatic rings. The summed E-state index contributed by atoms with van der Waals surface area (Å²) in [4.78, 5) is 40.4. The van der Waals surface area contributed by atoms with Crippen LogP contribution in [-0.4, -0.2) is 73.6 Å². The lowest BCUT2D eigenvalue weighted by Gasteiger charge is -2.29. The number of benzene rings is 1. The highest BCUT2D eigenvalue weighted by Crippen LogP contribution is 2.24. The number of thioether (sulfide) groups is 1. The van der Waals surface area contributed by atoms with Crippen LogP contribution in [-0.2, 0) is 24.2 Å². The van der Waals surface area contributed by atoms with Crippen LogP contribution in [0.25, 0.3) is 0 Å². The van der Waals surface area contributed by atoms with Crippen molar-refractivity contribution in [2.24, 2.45) is 5.92 Å². The SMILES string of the molecule is CC(C)CN(C(=O)COC(=O)c1ccccc1SCC(=O)NC1CCCCCC1)[C@@H]1CCS(=O)(=O)C1. The third kappa shape index (κ3) is 8.80. The van der Waals surface area contributed by atoms with Gasteiger partial charge in [0.25, 0.3) is 5.91 Å². The molecule has 8 nitrogen and oxygen atoms in total. The molecule has 1 aliphatic heterocycles. The van der Waals surface area contributed by atoms with Crippen molar-refractivity contribution in [3.63, 3.8) is 0 Å². The molecule has 0 unspecified atom stereocenters. The van der Waals surface area contributed by atoms with Crippen molar-refractivity contribution in [2.75, 3.05) is 30.4 Å². The zero-order chi connectivity index (χ0) is 26.1. The lowest BCUT2D eigenvalue weighted by molar-refractivity contribution is -0.137. The molecule has 2 fully saturated rings. The zero-order valence-electron chi connectivity index (χ0n) is 21.2. The molecule has 0 radical (unpaired) electrons. The van der Waals surface area contributed by atoms with Gasteiger partial charge in [0, 0.05) is 23.5 Å². The Morgan fingerprint density at radius 2 is 1.78 bits per heavy atom. The summed E-state index contributed by atoms with van der Waals surface area (Å²) in [5.41, 5.74) is 0.302. The first-order chi connectivity index (χ1) is 17.1. The number of hydrogen-bond donors (Lipinski definition) is 1. The van der Waals surface area contributed by atoms with Crippen molar-refractivity contribution in [3.05, 3.63) is 29.8 Å². The van der Waals surface area contributed by atoms with Gasteiger partial charge in [-0.05, 0) is 37.3 Å². The lowest BCUT2D eigenvalue weighted by Crippen LogP contribution is -2.45. The summed E-state index contributed by atoms with van der Waals surface area (Å²) >= 11 is 1.27. The van der Waals surface area contributed by atoms with Gasteiger partial charge in [-0.15, -0.1) is 11.8 Å². The zero-order valence-corrected chi connectivity index (χ0v) is 22.9. The Morgan fingerprint density at radius 1 is 1.08 bits per heavy atom. The maximum atomic E-state index is 12.9. The standard InChI is InChI=1S/C26H38N2O6S2/c1-19(2)15-28(21-13-14-36(32,33)18-21)25(30)16-34-26(31)22-11-7-8-12-23(22)35-17-24(29)27-20-9-5-3-4-6-10-20/h7-8,11-12,19-21H,3-6,9-10,13-18H2,1-2H3,(H,27,29)/t21-/m1/s1. The molecule has 1 saturated heterocycles. The molecule has 200 valence electrons. The summed E-state index contributed by atoms with van der Waals surface area (Å²) in [6.45, 7) is 3.85. The van der Waals surface area contributed by atoms with Crippen LogP contribution in [0.15, 0.2) is 29.2 Å². The maximum Gasteiger partial charge on any atom is 0.339 e. The van der Waals surface area contributed by atoms with Gasteiger partial charge in [0.2, 0.25) is 5.91 Å². The highest BCUT2D eigenvalue weighted by molar-refractivity contribution is 8.00. The fourth-order valence-corrected chi connectivity index (χ4v) is 7.34. The molecular formula is C26H38N2O6S2. The summed E-state index contributed by atoms with van der Waals surface area (Å²) in [5.74, 6) is -0.737. The molecule has 1 N–H and O–H groups in total. The van der Waals surface area contributed by atoms with Crippen LogP contribution in [0.1, 0.15) is 69.2 Å². The maximum absolute atomic E-state index is 12.9. The lowest BCUT2D eigenvalue weighted by atomic mass is 10.1. The van der Waals surface area contributed by atoms with Crippen LogP contribution in [0.5, 0.6) is 0 Å². The normalized spacial score (nSPS) is 20.0. The first kappa shape index (κ1) is 28.5. The quantitative estimate of drug-likeness (QED) is 0.276. The van der Waals surface area contributed by atoms with E-state index in [2.05, 4.69) is 5.32 Å². The van der Waals surface area contributed by atoms with Crippen molar-refractivity contribution >= 4 is 39.4 Å². The molecule has 0 aromatic heterocycles. The summed E-state index contributed by atoms with van der Waals surface area (Å²) < 4.78 is 29.2. The average Bonchev–Trinajstić information content (AvgIpc) is 3.02. The van der Waals surface area contributed by atoms with Gasteiger partial charge in [-0.25, -0.2) is 13.2 Å². The van der Waals surface area contributed by atoms with E-state index in [0.29, 0.717) is 23.4 Å². The molecule has 10 heteroatoms. The summed E-state index contributed by atoms with van der Waals surface area (Å²) in [7, 11) is -3.15. The van der Waals surface area contributed by atoms with Gasteiger partial charge in [0.1, 0.15) is 0 Å². The fraction of sp³-hybridized carbons (Fsp3) is 0.654. The first-order valence-corrected chi connectivity index (χ1v) is 15.6. The number of ether oxygens (including phenoxy) is 1. The molecule has 1 saturated carbocycles. The smallest absolute Gasteiger partial charge is 0.339 e. The van der Waals surface area contributed by atoms with Gasteiger partial charge in [0.15, 0.2) is 16.4 Å². The number of carbonyl (C=O) groups excluding carboxylic acids is 3. The molecule has 0 spiro atoms. The molecule has 2 amide bonds. The monoisotopic (exact) mass is 538 g/mol. The minimum absolute atomic E-state index is 0.0538. The molecule has 1 heterocycles. The number of nitrogens with zero attached hydrogens (tertiary/aromatic N) is 1. The third-order valence-electron chi connectivity index (χ3n) is 6.54. The second-order valence-electron chi connectivity index (χ2n) is 10.1. The van der Waals surface area contributed by atoms with E-state index in [4.69, 9.17) is 4.74 Å². The third-order valence-corrected chi connectivity index (χ3v) is 9.37. The van der Waals surface area contributed by atoms with Gasteiger partial charge < -0.3 is 15.0 Å². The van der Waals surface area contributed by atoms with E-state index in [9.17, 15) is 22.8 Å². The van der Waals surface area contributed by atoms with E-state index in [1.165, 1.54) is 24.6 Å². The predicted octanol–water partition coefficient (Wildman–Crippen LogP) is 3.45. The molecule has 36 heavy (non-hydrogen) atoms. The van der Waals surface area contributed by atoms with Crippen LogP contribution in [0.4, 0.5) is 0 Å². The highest BCUT2D eigenvalue weighted by atomic mass is 32.2. The Hall–Kier alpha value is -2.07. The van der Waals surface area contributed by atoms with Crippen molar-refractivity contribution in [1.29, 1.82) is 0 Å². The van der Waals surface area contributed by atoms with Crippen LogP contribution in [0.3, 0.4) is 0 Å². The van der Waals surface area contributed by atoms with Crippen molar-refractivity contribution < 1.29 is 27.5 Å². The van der Waals surface area contributed by atoms with E-state index in [0.717, 1.165) is 25.7 Å². The van der Waals surface area contributed by atoms with Crippen LogP contribution in [0.2, 0.25) is 0 Å². The average molecular weight is 539 g/mol. The van der Waals surface area contributed by atoms with Crippen molar-refractivity contribution in [3.8, 4) is 0 Å². The van der Waals surface area contributed by atoms with E-state index in [-0.39, 0.29) is 35.1 Å². The van der Waals surface area contributed by atoms with E-state index in [1.54, 1.807) is 29.2 Å². The van der Waals surface area contributed by atoms with Gasteiger partial charge in [-0.2, -0.15) is 0 Å². The molecule has 2 aliphatic rings. The van der Waals surface area contributed by atoms with Gasteiger partial charge in [-0.1, -0.05) is 51.7 Å². The Morgan fingerprint density at radius 3 is 2.42 bits per heavy atom. The number of rotatable bonds is 10. The minimum Gasteiger partial charge on any atom is -0.452 e. The topological polar surface area (TPSA) is 110 Å². The number of nitrogens with one attached hydrogen (secondary N) is 1. The second kappa shape index (κ2) is 13.5. The number of carbonyl (C=O) groups is 3. The first-order valence-electron chi connectivity index (χ1n) is 12.8. The molecule has 3 rings (SSSR count). The number of amides is 2. The molecule has 1 aliphatic carbocycles. The van der Waals surface area contributed by atoms with Gasteiger partial charge in [-0.3, -0.25) is 9.59 Å². The molecular weight excluding hydrogens is 500 g/mol. The number of hydrogen-bond acceptors (Lipinski definition) is 7. The molecule has 1 aromatic carbocycles. The van der Waals surface area contributed by atoms with Crippen LogP contribution >= 0.6 is 11.8 Å². The highest BCUT2D eigenvalue weighted by Gasteiger charge is 2.35. The van der Waals surface area contributed by atoms with Gasteiger partial charge >= 0.3 is 5.97 Å². The minimum atomic E-state index is -3.15. The Kier molecular flexibility index (Phi) is 10.7. The Balaban J connectivity index is 1.55. The van der Waals surface area contributed by atoms with E-state index >= 15 is 0 Å².